The molecule has 0 aromatic heterocycles. The zero-order valence-corrected chi connectivity index (χ0v) is 10.0. The first kappa shape index (κ1) is 11.1. The van der Waals surface area contributed by atoms with Gasteiger partial charge < -0.3 is 10.2 Å². The number of nitrogens with one attached hydrogen (secondary N) is 1. The normalized spacial score (nSPS) is 15.4. The minimum absolute atomic E-state index is 0.924. The van der Waals surface area contributed by atoms with Crippen LogP contribution in [0.3, 0.4) is 0 Å². The highest BCUT2D eigenvalue weighted by Gasteiger charge is 2.17. The van der Waals surface area contributed by atoms with Gasteiger partial charge in [-0.3, -0.25) is 4.99 Å². The van der Waals surface area contributed by atoms with Crippen LogP contribution in [0.15, 0.2) is 29.3 Å². The van der Waals surface area contributed by atoms with Gasteiger partial charge in [0.2, 0.25) is 0 Å². The van der Waals surface area contributed by atoms with Crippen molar-refractivity contribution < 1.29 is 0 Å². The Morgan fingerprint density at radius 3 is 2.75 bits per heavy atom. The minimum Gasteiger partial charge on any atom is -0.353 e. The van der Waals surface area contributed by atoms with E-state index < -0.39 is 0 Å². The Kier molecular flexibility index (Phi) is 3.57. The van der Waals surface area contributed by atoms with E-state index in [2.05, 4.69) is 46.4 Å². The van der Waals surface area contributed by atoms with Gasteiger partial charge in [-0.2, -0.15) is 0 Å². The lowest BCUT2D eigenvalue weighted by atomic mass is 10.1. The molecule has 1 aromatic carbocycles. The molecule has 3 nitrogen and oxygen atoms in total. The fraction of sp³-hybridized carbons (Fsp3) is 0.462. The summed E-state index contributed by atoms with van der Waals surface area (Å²) >= 11 is 0. The monoisotopic (exact) mass is 217 g/mol. The van der Waals surface area contributed by atoms with Crippen LogP contribution in [0.25, 0.3) is 0 Å². The highest BCUT2D eigenvalue weighted by molar-refractivity contribution is 5.99. The van der Waals surface area contributed by atoms with Gasteiger partial charge in [-0.05, 0) is 14.0 Å². The molecule has 1 heterocycles. The second-order valence-electron chi connectivity index (χ2n) is 4.16. The number of aliphatic imine (C=N–C) groups is 1. The first-order valence-corrected chi connectivity index (χ1v) is 5.82. The summed E-state index contributed by atoms with van der Waals surface area (Å²) in [7, 11) is 1.98. The summed E-state index contributed by atoms with van der Waals surface area (Å²) in [5.74, 6) is 1.15. The van der Waals surface area contributed by atoms with Gasteiger partial charge in [-0.15, -0.1) is 0 Å². The number of aryl methyl sites for hydroxylation is 1. The van der Waals surface area contributed by atoms with Crippen LogP contribution < -0.4 is 5.32 Å². The second kappa shape index (κ2) is 5.12. The summed E-state index contributed by atoms with van der Waals surface area (Å²) in [5.41, 5.74) is 2.53. The van der Waals surface area contributed by atoms with E-state index in [0.29, 0.717) is 0 Å². The molecule has 0 radical (unpaired) electrons. The van der Waals surface area contributed by atoms with Crippen molar-refractivity contribution in [3.63, 3.8) is 0 Å². The second-order valence-corrected chi connectivity index (χ2v) is 4.16. The first-order valence-electron chi connectivity index (χ1n) is 5.82. The van der Waals surface area contributed by atoms with Crippen molar-refractivity contribution in [2.75, 3.05) is 33.2 Å². The molecule has 1 N–H and O–H groups in total. The van der Waals surface area contributed by atoms with E-state index in [1.54, 1.807) is 0 Å². The Morgan fingerprint density at radius 2 is 2.06 bits per heavy atom. The summed E-state index contributed by atoms with van der Waals surface area (Å²) in [4.78, 5) is 6.93. The number of likely N-dealkylation sites (N-methyl/N-ethyl adjacent to an activating group) is 1. The molecule has 2 rings (SSSR count). The molecule has 0 fully saturated rings. The fourth-order valence-corrected chi connectivity index (χ4v) is 1.92. The third-order valence-corrected chi connectivity index (χ3v) is 2.87. The molecule has 1 aliphatic heterocycles. The number of hydrogen-bond donors (Lipinski definition) is 1. The van der Waals surface area contributed by atoms with E-state index in [4.69, 9.17) is 0 Å². The number of rotatable bonds is 4. The average molecular weight is 217 g/mol. The molecule has 0 spiro atoms. The van der Waals surface area contributed by atoms with Crippen molar-refractivity contribution in [1.82, 2.24) is 10.2 Å². The number of amidine groups is 1. The largest absolute Gasteiger partial charge is 0.353 e. The molecule has 16 heavy (non-hydrogen) atoms. The van der Waals surface area contributed by atoms with Gasteiger partial charge in [0, 0.05) is 25.2 Å². The van der Waals surface area contributed by atoms with Gasteiger partial charge in [0.1, 0.15) is 5.84 Å². The van der Waals surface area contributed by atoms with Gasteiger partial charge in [0.25, 0.3) is 0 Å². The molecular weight excluding hydrogens is 198 g/mol. The van der Waals surface area contributed by atoms with Crippen LogP contribution in [-0.4, -0.2) is 44.0 Å². The lowest BCUT2D eigenvalue weighted by Crippen LogP contribution is -2.34. The molecule has 0 bridgehead atoms. The van der Waals surface area contributed by atoms with E-state index in [1.165, 1.54) is 11.1 Å². The van der Waals surface area contributed by atoms with E-state index in [-0.39, 0.29) is 0 Å². The van der Waals surface area contributed by atoms with E-state index in [1.807, 2.05) is 7.05 Å². The van der Waals surface area contributed by atoms with Gasteiger partial charge >= 0.3 is 0 Å². The van der Waals surface area contributed by atoms with Gasteiger partial charge in [-0.1, -0.05) is 29.8 Å². The molecule has 0 saturated heterocycles. The predicted molar refractivity (Wildman–Crippen MR) is 68.1 cm³/mol. The summed E-state index contributed by atoms with van der Waals surface area (Å²) in [6, 6.07) is 8.61. The van der Waals surface area contributed by atoms with Crippen molar-refractivity contribution in [3.8, 4) is 0 Å². The van der Waals surface area contributed by atoms with Gasteiger partial charge in [0.05, 0.1) is 6.54 Å². The molecule has 0 saturated carbocycles. The smallest absolute Gasteiger partial charge is 0.131 e. The van der Waals surface area contributed by atoms with Crippen molar-refractivity contribution >= 4 is 5.84 Å². The maximum atomic E-state index is 4.58. The van der Waals surface area contributed by atoms with Crippen LogP contribution in [0.2, 0.25) is 0 Å². The molecule has 0 atom stereocenters. The molecule has 1 aromatic rings. The third kappa shape index (κ3) is 2.42. The Hall–Kier alpha value is -1.35. The van der Waals surface area contributed by atoms with Crippen molar-refractivity contribution in [3.05, 3.63) is 35.4 Å². The lowest BCUT2D eigenvalue weighted by Gasteiger charge is -2.20. The molecule has 0 amide bonds. The molecule has 86 valence electrons. The zero-order chi connectivity index (χ0) is 11.4. The average Bonchev–Trinajstić information content (AvgIpc) is 2.75. The van der Waals surface area contributed by atoms with Crippen LogP contribution in [0.1, 0.15) is 11.1 Å². The quantitative estimate of drug-likeness (QED) is 0.822. The lowest BCUT2D eigenvalue weighted by molar-refractivity contribution is 0.453. The van der Waals surface area contributed by atoms with E-state index >= 15 is 0 Å². The Labute approximate surface area is 97.2 Å². The van der Waals surface area contributed by atoms with Crippen molar-refractivity contribution in [2.24, 2.45) is 4.99 Å². The molecule has 3 heteroatoms. The van der Waals surface area contributed by atoms with Crippen LogP contribution in [-0.2, 0) is 0 Å². The fourth-order valence-electron chi connectivity index (χ4n) is 1.92. The van der Waals surface area contributed by atoms with Gasteiger partial charge in [-0.25, -0.2) is 0 Å². The number of nitrogens with zero attached hydrogens (tertiary/aromatic N) is 2. The summed E-state index contributed by atoms with van der Waals surface area (Å²) < 4.78 is 0. The van der Waals surface area contributed by atoms with E-state index in [9.17, 15) is 0 Å². The van der Waals surface area contributed by atoms with Crippen LogP contribution in [0.4, 0.5) is 0 Å². The number of benzene rings is 1. The molecular formula is C13H19N3. The Balaban J connectivity index is 2.10. The summed E-state index contributed by atoms with van der Waals surface area (Å²) in [6.07, 6.45) is 0. The van der Waals surface area contributed by atoms with E-state index in [0.717, 1.165) is 32.0 Å². The highest BCUT2D eigenvalue weighted by Crippen LogP contribution is 2.11. The summed E-state index contributed by atoms with van der Waals surface area (Å²) in [5, 5.41) is 3.18. The molecule has 1 aliphatic rings. The SMILES string of the molecule is CNCCN1CCN=C1c1ccc(C)cc1. The highest BCUT2D eigenvalue weighted by atomic mass is 15.2. The molecule has 0 aliphatic carbocycles. The van der Waals surface area contributed by atoms with Crippen molar-refractivity contribution in [1.29, 1.82) is 0 Å². The third-order valence-electron chi connectivity index (χ3n) is 2.87. The van der Waals surface area contributed by atoms with Crippen LogP contribution in [0, 0.1) is 6.92 Å². The standard InChI is InChI=1S/C13H19N3/c1-11-3-5-12(6-4-11)13-15-8-10-16(13)9-7-14-2/h3-6,14H,7-10H2,1-2H3. The first-order chi connectivity index (χ1) is 7.81. The Bertz CT molecular complexity index is 367. The maximum Gasteiger partial charge on any atom is 0.131 e. The zero-order valence-electron chi connectivity index (χ0n) is 10.0. The Morgan fingerprint density at radius 1 is 1.31 bits per heavy atom. The minimum atomic E-state index is 0.924. The topological polar surface area (TPSA) is 27.6 Å². The summed E-state index contributed by atoms with van der Waals surface area (Å²) in [6.45, 7) is 6.12. The maximum absolute atomic E-state index is 4.58. The number of hydrogen-bond acceptors (Lipinski definition) is 3. The van der Waals surface area contributed by atoms with Gasteiger partial charge in [0.15, 0.2) is 0 Å². The van der Waals surface area contributed by atoms with Crippen LogP contribution >= 0.6 is 0 Å². The van der Waals surface area contributed by atoms with Crippen LogP contribution in [0.5, 0.6) is 0 Å². The van der Waals surface area contributed by atoms with Crippen molar-refractivity contribution in [2.45, 2.75) is 6.92 Å². The molecule has 0 unspecified atom stereocenters. The predicted octanol–water partition coefficient (Wildman–Crippen LogP) is 1.28.